The topological polar surface area (TPSA) is 77.6 Å². The van der Waals surface area contributed by atoms with Crippen molar-refractivity contribution in [3.63, 3.8) is 0 Å². The van der Waals surface area contributed by atoms with Crippen LogP contribution in [0.1, 0.15) is 0 Å². The van der Waals surface area contributed by atoms with Crippen molar-refractivity contribution in [1.82, 2.24) is 24.9 Å². The molecule has 0 amide bonds. The molecule has 0 N–H and O–H groups in total. The van der Waals surface area contributed by atoms with Crippen LogP contribution in [0, 0.1) is 0 Å². The molecule has 9 aromatic rings. The number of fused-ring (bicyclic) bond motifs is 4. The SMILES string of the molecule is c1ccc(-c2nc(-c3ccccc3)nc(-c3cccc(-c4cnc(-c5nccc6oc7ccccc7c56)c5ccccc45)c3)n2)cc1. The van der Waals surface area contributed by atoms with Crippen LogP contribution >= 0.6 is 0 Å². The van der Waals surface area contributed by atoms with Gasteiger partial charge in [-0.1, -0.05) is 121 Å². The Morgan fingerprint density at radius 2 is 0.979 bits per heavy atom. The highest BCUT2D eigenvalue weighted by atomic mass is 16.3. The molecule has 0 saturated carbocycles. The zero-order chi connectivity index (χ0) is 31.2. The summed E-state index contributed by atoms with van der Waals surface area (Å²) < 4.78 is 6.16. The van der Waals surface area contributed by atoms with Crippen molar-refractivity contribution in [2.75, 3.05) is 0 Å². The van der Waals surface area contributed by atoms with Crippen LogP contribution in [-0.4, -0.2) is 24.9 Å². The van der Waals surface area contributed by atoms with E-state index in [1.807, 2.05) is 109 Å². The van der Waals surface area contributed by atoms with E-state index in [1.165, 1.54) is 0 Å². The van der Waals surface area contributed by atoms with Gasteiger partial charge in [0.2, 0.25) is 0 Å². The molecule has 5 aromatic carbocycles. The van der Waals surface area contributed by atoms with Crippen LogP contribution in [0.4, 0.5) is 0 Å². The van der Waals surface area contributed by atoms with E-state index in [9.17, 15) is 0 Å². The van der Waals surface area contributed by atoms with E-state index in [2.05, 4.69) is 36.4 Å². The van der Waals surface area contributed by atoms with E-state index in [-0.39, 0.29) is 0 Å². The zero-order valence-corrected chi connectivity index (χ0v) is 25.1. The average molecular weight is 604 g/mol. The average Bonchev–Trinajstić information content (AvgIpc) is 3.54. The highest BCUT2D eigenvalue weighted by molar-refractivity contribution is 6.14. The fourth-order valence-electron chi connectivity index (χ4n) is 6.22. The first-order chi connectivity index (χ1) is 23.3. The van der Waals surface area contributed by atoms with Crippen molar-refractivity contribution >= 4 is 32.7 Å². The third-order valence-corrected chi connectivity index (χ3v) is 8.44. The van der Waals surface area contributed by atoms with Gasteiger partial charge < -0.3 is 4.42 Å². The lowest BCUT2D eigenvalue weighted by atomic mass is 9.96. The second-order valence-electron chi connectivity index (χ2n) is 11.3. The van der Waals surface area contributed by atoms with E-state index in [4.69, 9.17) is 29.3 Å². The Morgan fingerprint density at radius 1 is 0.404 bits per heavy atom. The minimum Gasteiger partial charge on any atom is -0.456 e. The Kier molecular flexibility index (Phi) is 6.35. The van der Waals surface area contributed by atoms with Gasteiger partial charge in [0.25, 0.3) is 0 Å². The van der Waals surface area contributed by atoms with Crippen molar-refractivity contribution in [3.05, 3.63) is 152 Å². The molecule has 0 aliphatic carbocycles. The molecule has 0 fully saturated rings. The molecule has 220 valence electrons. The molecule has 0 aliphatic rings. The fourth-order valence-corrected chi connectivity index (χ4v) is 6.22. The summed E-state index contributed by atoms with van der Waals surface area (Å²) in [7, 11) is 0. The molecule has 47 heavy (non-hydrogen) atoms. The van der Waals surface area contributed by atoms with Crippen LogP contribution in [0.25, 0.3) is 89.4 Å². The van der Waals surface area contributed by atoms with E-state index < -0.39 is 0 Å². The summed E-state index contributed by atoms with van der Waals surface area (Å²) in [5, 5.41) is 4.08. The van der Waals surface area contributed by atoms with Gasteiger partial charge in [-0.15, -0.1) is 0 Å². The molecule has 0 radical (unpaired) electrons. The summed E-state index contributed by atoms with van der Waals surface area (Å²) in [4.78, 5) is 24.6. The normalized spacial score (nSPS) is 11.4. The number of hydrogen-bond donors (Lipinski definition) is 0. The number of aromatic nitrogens is 5. The Balaban J connectivity index is 1.20. The van der Waals surface area contributed by atoms with Gasteiger partial charge in [0.05, 0.1) is 11.1 Å². The maximum absolute atomic E-state index is 6.16. The lowest BCUT2D eigenvalue weighted by molar-refractivity contribution is 0.668. The van der Waals surface area contributed by atoms with Gasteiger partial charge >= 0.3 is 0 Å². The van der Waals surface area contributed by atoms with Crippen molar-refractivity contribution < 1.29 is 4.42 Å². The van der Waals surface area contributed by atoms with Crippen molar-refractivity contribution in [2.24, 2.45) is 0 Å². The van der Waals surface area contributed by atoms with Crippen LogP contribution in [0.2, 0.25) is 0 Å². The molecule has 4 heterocycles. The second kappa shape index (κ2) is 11.1. The van der Waals surface area contributed by atoms with Gasteiger partial charge in [-0.25, -0.2) is 15.0 Å². The van der Waals surface area contributed by atoms with E-state index >= 15 is 0 Å². The Morgan fingerprint density at radius 3 is 1.70 bits per heavy atom. The third kappa shape index (κ3) is 4.71. The van der Waals surface area contributed by atoms with E-state index in [0.717, 1.165) is 71.9 Å². The molecule has 0 saturated heterocycles. The maximum atomic E-state index is 6.16. The molecule has 0 bridgehead atoms. The number of furan rings is 1. The minimum absolute atomic E-state index is 0.608. The zero-order valence-electron chi connectivity index (χ0n) is 25.1. The van der Waals surface area contributed by atoms with Crippen LogP contribution < -0.4 is 0 Å². The van der Waals surface area contributed by atoms with Crippen molar-refractivity contribution in [1.29, 1.82) is 0 Å². The van der Waals surface area contributed by atoms with Gasteiger partial charge in [0.15, 0.2) is 17.5 Å². The van der Waals surface area contributed by atoms with Crippen molar-refractivity contribution in [3.8, 4) is 56.7 Å². The third-order valence-electron chi connectivity index (χ3n) is 8.44. The second-order valence-corrected chi connectivity index (χ2v) is 11.3. The smallest absolute Gasteiger partial charge is 0.164 e. The van der Waals surface area contributed by atoms with Crippen LogP contribution in [0.5, 0.6) is 0 Å². The molecule has 6 nitrogen and oxygen atoms in total. The van der Waals surface area contributed by atoms with Crippen LogP contribution in [0.15, 0.2) is 156 Å². The lowest BCUT2D eigenvalue weighted by Gasteiger charge is -2.13. The Bertz CT molecular complexity index is 2520. The number of hydrogen-bond acceptors (Lipinski definition) is 6. The molecule has 4 aromatic heterocycles. The largest absolute Gasteiger partial charge is 0.456 e. The highest BCUT2D eigenvalue weighted by Gasteiger charge is 2.19. The highest BCUT2D eigenvalue weighted by Crippen LogP contribution is 2.39. The first-order valence-electron chi connectivity index (χ1n) is 15.4. The first-order valence-corrected chi connectivity index (χ1v) is 15.4. The summed E-state index contributed by atoms with van der Waals surface area (Å²) >= 11 is 0. The maximum Gasteiger partial charge on any atom is 0.164 e. The first kappa shape index (κ1) is 26.8. The van der Waals surface area contributed by atoms with Gasteiger partial charge in [0.1, 0.15) is 16.9 Å². The number of benzene rings is 5. The molecule has 0 unspecified atom stereocenters. The summed E-state index contributed by atoms with van der Waals surface area (Å²) in [6.07, 6.45) is 3.73. The quantitative estimate of drug-likeness (QED) is 0.195. The Labute approximate surface area is 270 Å². The monoisotopic (exact) mass is 603 g/mol. The molecular formula is C41H25N5O. The molecule has 0 atom stereocenters. The number of para-hydroxylation sites is 1. The Hall–Kier alpha value is -6.53. The van der Waals surface area contributed by atoms with Crippen LogP contribution in [0.3, 0.4) is 0 Å². The van der Waals surface area contributed by atoms with Crippen molar-refractivity contribution in [2.45, 2.75) is 0 Å². The molecule has 6 heteroatoms. The van der Waals surface area contributed by atoms with Gasteiger partial charge in [-0.05, 0) is 29.1 Å². The summed E-state index contributed by atoms with van der Waals surface area (Å²) in [6.45, 7) is 0. The number of pyridine rings is 2. The number of rotatable bonds is 5. The summed E-state index contributed by atoms with van der Waals surface area (Å²) in [5.41, 5.74) is 8.03. The van der Waals surface area contributed by atoms with Gasteiger partial charge in [-0.2, -0.15) is 0 Å². The van der Waals surface area contributed by atoms with E-state index in [0.29, 0.717) is 17.5 Å². The fraction of sp³-hybridized carbons (Fsp3) is 0. The van der Waals surface area contributed by atoms with Gasteiger partial charge in [0, 0.05) is 45.4 Å². The summed E-state index contributed by atoms with van der Waals surface area (Å²) in [6, 6.07) is 46.7. The van der Waals surface area contributed by atoms with Gasteiger partial charge in [-0.3, -0.25) is 9.97 Å². The lowest BCUT2D eigenvalue weighted by Crippen LogP contribution is -2.00. The van der Waals surface area contributed by atoms with E-state index in [1.54, 1.807) is 6.20 Å². The standard InChI is InChI=1S/C41H25N5O/c1-3-12-26(13-4-1)39-44-40(27-14-5-2-6-15-27)46-41(45-39)29-17-11-16-28(24-29)33-25-43-37(31-19-8-7-18-30(31)33)38-36-32-20-9-10-21-34(32)47-35(36)22-23-42-38/h1-25H. The minimum atomic E-state index is 0.608. The van der Waals surface area contributed by atoms with Crippen LogP contribution in [-0.2, 0) is 0 Å². The predicted molar refractivity (Wildman–Crippen MR) is 187 cm³/mol. The molecule has 0 aliphatic heterocycles. The number of nitrogens with zero attached hydrogens (tertiary/aromatic N) is 5. The molecule has 0 spiro atoms. The molecule has 9 rings (SSSR count). The summed E-state index contributed by atoms with van der Waals surface area (Å²) in [5.74, 6) is 1.87. The molecular weight excluding hydrogens is 578 g/mol. The predicted octanol–water partition coefficient (Wildman–Crippen LogP) is 10.0.